The van der Waals surface area contributed by atoms with E-state index in [0.29, 0.717) is 17.3 Å². The Kier molecular flexibility index (Phi) is 4.00. The zero-order chi connectivity index (χ0) is 10.8. The highest BCUT2D eigenvalue weighted by molar-refractivity contribution is 4.87. The smallest absolute Gasteiger partial charge is 0.0575 e. The number of hydrogen-bond acceptors (Lipinski definition) is 1. The van der Waals surface area contributed by atoms with Crippen LogP contribution in [-0.4, -0.2) is 11.2 Å². The van der Waals surface area contributed by atoms with Crippen molar-refractivity contribution in [2.75, 3.05) is 0 Å². The van der Waals surface area contributed by atoms with Gasteiger partial charge in [-0.25, -0.2) is 0 Å². The van der Waals surface area contributed by atoms with E-state index in [-0.39, 0.29) is 6.10 Å². The fourth-order valence-corrected chi connectivity index (χ4v) is 2.88. The maximum atomic E-state index is 10.2. The molecule has 0 aromatic carbocycles. The van der Waals surface area contributed by atoms with Crippen molar-refractivity contribution in [3.05, 3.63) is 0 Å². The van der Waals surface area contributed by atoms with Crippen molar-refractivity contribution >= 4 is 0 Å². The number of aliphatic hydroxyl groups excluding tert-OH is 1. The zero-order valence-electron chi connectivity index (χ0n) is 10.2. The Morgan fingerprint density at radius 2 is 1.93 bits per heavy atom. The molecule has 0 spiro atoms. The van der Waals surface area contributed by atoms with Gasteiger partial charge in [0.15, 0.2) is 0 Å². The van der Waals surface area contributed by atoms with Crippen molar-refractivity contribution in [3.8, 4) is 0 Å². The first-order chi connectivity index (χ1) is 6.43. The van der Waals surface area contributed by atoms with Crippen molar-refractivity contribution in [2.24, 2.45) is 17.3 Å². The van der Waals surface area contributed by atoms with Crippen molar-refractivity contribution in [3.63, 3.8) is 0 Å². The maximum Gasteiger partial charge on any atom is 0.0575 e. The van der Waals surface area contributed by atoms with E-state index in [1.54, 1.807) is 0 Å². The molecule has 1 aliphatic carbocycles. The summed E-state index contributed by atoms with van der Waals surface area (Å²) in [5.74, 6) is 1.14. The van der Waals surface area contributed by atoms with Gasteiger partial charge in [-0.05, 0) is 36.5 Å². The van der Waals surface area contributed by atoms with E-state index in [4.69, 9.17) is 0 Å². The standard InChI is InChI=1S/C13H26O/c1-10(2)9-12(14)11-7-5-6-8-13(11,3)4/h10-12,14H,5-9H2,1-4H3. The lowest BCUT2D eigenvalue weighted by Crippen LogP contribution is -2.37. The van der Waals surface area contributed by atoms with Gasteiger partial charge in [-0.1, -0.05) is 40.5 Å². The first-order valence-electron chi connectivity index (χ1n) is 6.11. The Bertz CT molecular complexity index is 172. The van der Waals surface area contributed by atoms with Gasteiger partial charge in [0.25, 0.3) is 0 Å². The van der Waals surface area contributed by atoms with Gasteiger partial charge in [0, 0.05) is 0 Å². The maximum absolute atomic E-state index is 10.2. The Morgan fingerprint density at radius 3 is 2.43 bits per heavy atom. The third kappa shape index (κ3) is 2.98. The van der Waals surface area contributed by atoms with E-state index in [1.165, 1.54) is 25.7 Å². The molecule has 1 heteroatoms. The second-order valence-electron chi connectivity index (χ2n) is 6.04. The molecule has 1 saturated carbocycles. The summed E-state index contributed by atoms with van der Waals surface area (Å²) >= 11 is 0. The summed E-state index contributed by atoms with van der Waals surface area (Å²) in [5, 5.41) is 10.2. The average Bonchev–Trinajstić information content (AvgIpc) is 2.01. The molecule has 84 valence electrons. The Labute approximate surface area is 88.9 Å². The highest BCUT2D eigenvalue weighted by Crippen LogP contribution is 2.43. The van der Waals surface area contributed by atoms with E-state index >= 15 is 0 Å². The van der Waals surface area contributed by atoms with Gasteiger partial charge in [-0.15, -0.1) is 0 Å². The van der Waals surface area contributed by atoms with E-state index in [9.17, 15) is 5.11 Å². The minimum Gasteiger partial charge on any atom is -0.393 e. The van der Waals surface area contributed by atoms with Crippen LogP contribution in [0.2, 0.25) is 0 Å². The minimum absolute atomic E-state index is 0.0784. The normalized spacial score (nSPS) is 29.1. The van der Waals surface area contributed by atoms with Gasteiger partial charge in [0.05, 0.1) is 6.10 Å². The highest BCUT2D eigenvalue weighted by atomic mass is 16.3. The molecule has 0 saturated heterocycles. The second-order valence-corrected chi connectivity index (χ2v) is 6.04. The molecular weight excluding hydrogens is 172 g/mol. The summed E-state index contributed by atoms with van der Waals surface area (Å²) in [6, 6.07) is 0. The third-order valence-corrected chi connectivity index (χ3v) is 3.77. The minimum atomic E-state index is -0.0784. The lowest BCUT2D eigenvalue weighted by molar-refractivity contribution is -0.00552. The largest absolute Gasteiger partial charge is 0.393 e. The summed E-state index contributed by atoms with van der Waals surface area (Å²) in [6.45, 7) is 9.03. The SMILES string of the molecule is CC(C)CC(O)C1CCCCC1(C)C. The molecule has 0 amide bonds. The van der Waals surface area contributed by atoms with Crippen LogP contribution in [-0.2, 0) is 0 Å². The topological polar surface area (TPSA) is 20.2 Å². The molecule has 2 unspecified atom stereocenters. The van der Waals surface area contributed by atoms with Crippen molar-refractivity contribution < 1.29 is 5.11 Å². The molecule has 0 aromatic heterocycles. The predicted octanol–water partition coefficient (Wildman–Crippen LogP) is 3.61. The van der Waals surface area contributed by atoms with E-state index in [0.717, 1.165) is 6.42 Å². The lowest BCUT2D eigenvalue weighted by Gasteiger charge is -2.41. The molecule has 1 aliphatic rings. The molecule has 1 N–H and O–H groups in total. The van der Waals surface area contributed by atoms with Crippen molar-refractivity contribution in [2.45, 2.75) is 65.9 Å². The zero-order valence-corrected chi connectivity index (χ0v) is 10.2. The van der Waals surface area contributed by atoms with Crippen molar-refractivity contribution in [1.82, 2.24) is 0 Å². The molecule has 2 atom stereocenters. The van der Waals surface area contributed by atoms with Crippen LogP contribution in [0, 0.1) is 17.3 Å². The average molecular weight is 198 g/mol. The molecular formula is C13H26O. The molecule has 1 nitrogen and oxygen atoms in total. The van der Waals surface area contributed by atoms with Crippen LogP contribution in [0.15, 0.2) is 0 Å². The lowest BCUT2D eigenvalue weighted by atomic mass is 9.65. The Hall–Kier alpha value is -0.0400. The van der Waals surface area contributed by atoms with E-state index in [1.807, 2.05) is 0 Å². The summed E-state index contributed by atoms with van der Waals surface area (Å²) in [5.41, 5.74) is 0.354. The van der Waals surface area contributed by atoms with Gasteiger partial charge in [-0.2, -0.15) is 0 Å². The van der Waals surface area contributed by atoms with Gasteiger partial charge < -0.3 is 5.11 Å². The fraction of sp³-hybridized carbons (Fsp3) is 1.00. The van der Waals surface area contributed by atoms with Crippen LogP contribution in [0.25, 0.3) is 0 Å². The molecule has 1 fully saturated rings. The van der Waals surface area contributed by atoms with Gasteiger partial charge in [-0.3, -0.25) is 0 Å². The third-order valence-electron chi connectivity index (χ3n) is 3.77. The predicted molar refractivity (Wildman–Crippen MR) is 61.2 cm³/mol. The van der Waals surface area contributed by atoms with Gasteiger partial charge in [0.1, 0.15) is 0 Å². The van der Waals surface area contributed by atoms with E-state index < -0.39 is 0 Å². The quantitative estimate of drug-likeness (QED) is 0.734. The van der Waals surface area contributed by atoms with Gasteiger partial charge >= 0.3 is 0 Å². The fourth-order valence-electron chi connectivity index (χ4n) is 2.88. The van der Waals surface area contributed by atoms with Crippen LogP contribution in [0.4, 0.5) is 0 Å². The van der Waals surface area contributed by atoms with Crippen LogP contribution < -0.4 is 0 Å². The molecule has 0 heterocycles. The highest BCUT2D eigenvalue weighted by Gasteiger charge is 2.36. The summed E-state index contributed by atoms with van der Waals surface area (Å²) in [4.78, 5) is 0. The van der Waals surface area contributed by atoms with Crippen LogP contribution >= 0.6 is 0 Å². The summed E-state index contributed by atoms with van der Waals surface area (Å²) < 4.78 is 0. The first kappa shape index (κ1) is 12.0. The molecule has 0 aliphatic heterocycles. The molecule has 0 radical (unpaired) electrons. The summed E-state index contributed by atoms with van der Waals surface area (Å²) in [6.07, 6.45) is 6.05. The number of hydrogen-bond donors (Lipinski definition) is 1. The summed E-state index contributed by atoms with van der Waals surface area (Å²) in [7, 11) is 0. The molecule has 1 rings (SSSR count). The number of aliphatic hydroxyl groups is 1. The van der Waals surface area contributed by atoms with Crippen molar-refractivity contribution in [1.29, 1.82) is 0 Å². The Morgan fingerprint density at radius 1 is 1.29 bits per heavy atom. The molecule has 14 heavy (non-hydrogen) atoms. The van der Waals surface area contributed by atoms with E-state index in [2.05, 4.69) is 27.7 Å². The monoisotopic (exact) mass is 198 g/mol. The van der Waals surface area contributed by atoms with Crippen LogP contribution in [0.3, 0.4) is 0 Å². The number of rotatable bonds is 3. The Balaban J connectivity index is 2.55. The molecule has 0 bridgehead atoms. The van der Waals surface area contributed by atoms with Crippen LogP contribution in [0.1, 0.15) is 59.8 Å². The first-order valence-corrected chi connectivity index (χ1v) is 6.11. The van der Waals surface area contributed by atoms with Gasteiger partial charge in [0.2, 0.25) is 0 Å². The molecule has 0 aromatic rings. The second kappa shape index (κ2) is 4.65. The van der Waals surface area contributed by atoms with Crippen LogP contribution in [0.5, 0.6) is 0 Å².